The minimum atomic E-state index is -0.452. The van der Waals surface area contributed by atoms with E-state index in [9.17, 15) is 14.9 Å². The Labute approximate surface area is 117 Å². The fourth-order valence-corrected chi connectivity index (χ4v) is 2.60. The van der Waals surface area contributed by atoms with Crippen molar-refractivity contribution < 1.29 is 9.72 Å². The second kappa shape index (κ2) is 6.00. The quantitative estimate of drug-likeness (QED) is 0.672. The van der Waals surface area contributed by atoms with E-state index in [0.717, 1.165) is 12.8 Å². The Balaban J connectivity index is 2.18. The summed E-state index contributed by atoms with van der Waals surface area (Å²) < 4.78 is 0. The van der Waals surface area contributed by atoms with Gasteiger partial charge in [-0.15, -0.1) is 0 Å². The standard InChI is InChI=1S/C14H19N3O3/c1-10-12(3-2-4-13(10)17(19)20)14(18)16-7-5-11(9-15)6-8-16/h2-4,11H,5-9,15H2,1H3. The lowest BCUT2D eigenvalue weighted by Crippen LogP contribution is -2.40. The Morgan fingerprint density at radius 1 is 1.45 bits per heavy atom. The highest BCUT2D eigenvalue weighted by Gasteiger charge is 2.25. The predicted molar refractivity (Wildman–Crippen MR) is 75.5 cm³/mol. The van der Waals surface area contributed by atoms with Gasteiger partial charge in [-0.05, 0) is 38.3 Å². The van der Waals surface area contributed by atoms with Gasteiger partial charge < -0.3 is 10.6 Å². The second-order valence-electron chi connectivity index (χ2n) is 5.18. The molecule has 6 nitrogen and oxygen atoms in total. The van der Waals surface area contributed by atoms with Crippen LogP contribution in [0.2, 0.25) is 0 Å². The number of nitrogens with zero attached hydrogens (tertiary/aromatic N) is 2. The van der Waals surface area contributed by atoms with Crippen LogP contribution < -0.4 is 5.73 Å². The molecule has 0 saturated carbocycles. The summed E-state index contributed by atoms with van der Waals surface area (Å²) in [6, 6.07) is 4.64. The minimum absolute atomic E-state index is 0.00676. The molecule has 0 spiro atoms. The topological polar surface area (TPSA) is 89.5 Å². The van der Waals surface area contributed by atoms with Gasteiger partial charge in [0.1, 0.15) is 0 Å². The van der Waals surface area contributed by atoms with Crippen LogP contribution >= 0.6 is 0 Å². The van der Waals surface area contributed by atoms with E-state index in [-0.39, 0.29) is 11.6 Å². The number of nitrogens with two attached hydrogens (primary N) is 1. The van der Waals surface area contributed by atoms with Gasteiger partial charge in [-0.2, -0.15) is 0 Å². The van der Waals surface area contributed by atoms with Crippen molar-refractivity contribution in [3.8, 4) is 0 Å². The first-order valence-electron chi connectivity index (χ1n) is 6.78. The zero-order chi connectivity index (χ0) is 14.7. The fraction of sp³-hybridized carbons (Fsp3) is 0.500. The number of carbonyl (C=O) groups excluding carboxylic acids is 1. The van der Waals surface area contributed by atoms with Crippen molar-refractivity contribution in [2.24, 2.45) is 11.7 Å². The van der Waals surface area contributed by atoms with Crippen LogP contribution in [0.3, 0.4) is 0 Å². The number of nitro benzene ring substituents is 1. The maximum absolute atomic E-state index is 12.5. The Hall–Kier alpha value is -1.95. The van der Waals surface area contributed by atoms with Crippen molar-refractivity contribution in [2.45, 2.75) is 19.8 Å². The summed E-state index contributed by atoms with van der Waals surface area (Å²) in [5, 5.41) is 10.9. The molecule has 1 fully saturated rings. The molecule has 20 heavy (non-hydrogen) atoms. The third-order valence-electron chi connectivity index (χ3n) is 3.97. The molecule has 1 aromatic carbocycles. The van der Waals surface area contributed by atoms with Crippen LogP contribution in [0.1, 0.15) is 28.8 Å². The van der Waals surface area contributed by atoms with E-state index in [1.165, 1.54) is 6.07 Å². The highest BCUT2D eigenvalue weighted by molar-refractivity contribution is 5.96. The van der Waals surface area contributed by atoms with Crippen molar-refractivity contribution in [2.75, 3.05) is 19.6 Å². The molecular weight excluding hydrogens is 258 g/mol. The number of amides is 1. The van der Waals surface area contributed by atoms with E-state index in [4.69, 9.17) is 5.73 Å². The van der Waals surface area contributed by atoms with Crippen molar-refractivity contribution in [3.63, 3.8) is 0 Å². The van der Waals surface area contributed by atoms with Crippen LogP contribution in [-0.4, -0.2) is 35.4 Å². The Kier molecular flexibility index (Phi) is 4.34. The first kappa shape index (κ1) is 14.5. The molecule has 1 amide bonds. The number of nitro groups is 1. The number of rotatable bonds is 3. The monoisotopic (exact) mass is 277 g/mol. The number of likely N-dealkylation sites (tertiary alicyclic amines) is 1. The lowest BCUT2D eigenvalue weighted by Gasteiger charge is -2.31. The van der Waals surface area contributed by atoms with Crippen molar-refractivity contribution in [1.82, 2.24) is 4.90 Å². The van der Waals surface area contributed by atoms with E-state index in [1.807, 2.05) is 0 Å². The summed E-state index contributed by atoms with van der Waals surface area (Å²) in [6.45, 7) is 3.61. The largest absolute Gasteiger partial charge is 0.339 e. The van der Waals surface area contributed by atoms with Crippen LogP contribution in [0.25, 0.3) is 0 Å². The van der Waals surface area contributed by atoms with E-state index in [0.29, 0.717) is 36.7 Å². The Morgan fingerprint density at radius 3 is 2.65 bits per heavy atom. The van der Waals surface area contributed by atoms with E-state index in [2.05, 4.69) is 0 Å². The van der Waals surface area contributed by atoms with Gasteiger partial charge in [-0.1, -0.05) is 6.07 Å². The van der Waals surface area contributed by atoms with Crippen LogP contribution in [0.4, 0.5) is 5.69 Å². The van der Waals surface area contributed by atoms with Gasteiger partial charge >= 0.3 is 0 Å². The molecule has 108 valence electrons. The molecule has 1 saturated heterocycles. The molecule has 1 aliphatic rings. The van der Waals surface area contributed by atoms with E-state index >= 15 is 0 Å². The van der Waals surface area contributed by atoms with Gasteiger partial charge in [0.05, 0.1) is 4.92 Å². The summed E-state index contributed by atoms with van der Waals surface area (Å²) in [4.78, 5) is 24.7. The normalized spacial score (nSPS) is 16.2. The van der Waals surface area contributed by atoms with Gasteiger partial charge in [0, 0.05) is 30.3 Å². The zero-order valence-corrected chi connectivity index (χ0v) is 11.5. The SMILES string of the molecule is Cc1c(C(=O)N2CCC(CN)CC2)cccc1[N+](=O)[O-]. The summed E-state index contributed by atoms with van der Waals surface area (Å²) in [6.07, 6.45) is 1.80. The number of carbonyl (C=O) groups is 1. The number of hydrogen-bond donors (Lipinski definition) is 1. The van der Waals surface area contributed by atoms with Crippen LogP contribution in [0.5, 0.6) is 0 Å². The van der Waals surface area contributed by atoms with Crippen LogP contribution in [0, 0.1) is 23.0 Å². The Morgan fingerprint density at radius 2 is 2.10 bits per heavy atom. The van der Waals surface area contributed by atoms with Gasteiger partial charge in [0.2, 0.25) is 0 Å². The summed E-state index contributed by atoms with van der Waals surface area (Å²) in [7, 11) is 0. The van der Waals surface area contributed by atoms with Crippen LogP contribution in [-0.2, 0) is 0 Å². The highest BCUT2D eigenvalue weighted by atomic mass is 16.6. The molecule has 2 N–H and O–H groups in total. The molecule has 2 rings (SSSR count). The minimum Gasteiger partial charge on any atom is -0.339 e. The average Bonchev–Trinajstić information content (AvgIpc) is 2.46. The molecule has 0 bridgehead atoms. The average molecular weight is 277 g/mol. The molecule has 0 atom stereocenters. The third kappa shape index (κ3) is 2.80. The summed E-state index contributed by atoms with van der Waals surface area (Å²) in [5.74, 6) is 0.354. The van der Waals surface area contributed by atoms with Crippen molar-refractivity contribution in [1.29, 1.82) is 0 Å². The van der Waals surface area contributed by atoms with Crippen molar-refractivity contribution in [3.05, 3.63) is 39.4 Å². The molecule has 0 unspecified atom stereocenters. The number of hydrogen-bond acceptors (Lipinski definition) is 4. The molecule has 0 aromatic heterocycles. The lowest BCUT2D eigenvalue weighted by atomic mass is 9.96. The second-order valence-corrected chi connectivity index (χ2v) is 5.18. The molecule has 0 aliphatic carbocycles. The lowest BCUT2D eigenvalue weighted by molar-refractivity contribution is -0.385. The van der Waals surface area contributed by atoms with Crippen LogP contribution in [0.15, 0.2) is 18.2 Å². The first-order valence-corrected chi connectivity index (χ1v) is 6.78. The first-order chi connectivity index (χ1) is 9.54. The fourth-order valence-electron chi connectivity index (χ4n) is 2.60. The van der Waals surface area contributed by atoms with Crippen molar-refractivity contribution >= 4 is 11.6 Å². The highest BCUT2D eigenvalue weighted by Crippen LogP contribution is 2.24. The molecule has 6 heteroatoms. The maximum atomic E-state index is 12.5. The molecular formula is C14H19N3O3. The third-order valence-corrected chi connectivity index (χ3v) is 3.97. The van der Waals surface area contributed by atoms with Gasteiger partial charge in [-0.25, -0.2) is 0 Å². The predicted octanol–water partition coefficient (Wildman–Crippen LogP) is 1.71. The van der Waals surface area contributed by atoms with Gasteiger partial charge in [0.25, 0.3) is 11.6 Å². The van der Waals surface area contributed by atoms with E-state index in [1.54, 1.807) is 24.0 Å². The van der Waals surface area contributed by atoms with E-state index < -0.39 is 4.92 Å². The van der Waals surface area contributed by atoms with Gasteiger partial charge in [0.15, 0.2) is 0 Å². The maximum Gasteiger partial charge on any atom is 0.273 e. The smallest absolute Gasteiger partial charge is 0.273 e. The number of piperidine rings is 1. The molecule has 0 radical (unpaired) electrons. The summed E-state index contributed by atoms with van der Waals surface area (Å²) >= 11 is 0. The molecule has 1 heterocycles. The summed E-state index contributed by atoms with van der Waals surface area (Å²) in [5.41, 5.74) is 6.48. The Bertz CT molecular complexity index is 522. The molecule has 1 aromatic rings. The number of benzene rings is 1. The van der Waals surface area contributed by atoms with Gasteiger partial charge in [-0.3, -0.25) is 14.9 Å². The zero-order valence-electron chi connectivity index (χ0n) is 11.5. The molecule has 1 aliphatic heterocycles.